The summed E-state index contributed by atoms with van der Waals surface area (Å²) in [6.45, 7) is 8.06. The molecule has 344 valence electrons. The molecule has 1 atom stereocenters. The van der Waals surface area contributed by atoms with Crippen LogP contribution >= 0.6 is 0 Å². The molecule has 4 fully saturated rings. The number of H-pyrrole nitrogens is 1. The van der Waals surface area contributed by atoms with Crippen molar-refractivity contribution in [2.75, 3.05) is 36.4 Å². The minimum Gasteiger partial charge on any atom is -0.455 e. The molecule has 2 aliphatic heterocycles. The van der Waals surface area contributed by atoms with Gasteiger partial charge in [-0.2, -0.15) is 8.42 Å². The van der Waals surface area contributed by atoms with Crippen molar-refractivity contribution >= 4 is 44.0 Å². The van der Waals surface area contributed by atoms with Gasteiger partial charge in [0.25, 0.3) is 21.6 Å². The topological polar surface area (TPSA) is 176 Å². The van der Waals surface area contributed by atoms with Crippen molar-refractivity contribution in [1.82, 2.24) is 24.6 Å². The largest absolute Gasteiger partial charge is 0.455 e. The van der Waals surface area contributed by atoms with Crippen LogP contribution < -0.4 is 19.7 Å². The fraction of sp³-hybridized carbons (Fsp3) is 0.500. The van der Waals surface area contributed by atoms with Gasteiger partial charge in [0.15, 0.2) is 5.03 Å². The van der Waals surface area contributed by atoms with Crippen molar-refractivity contribution in [3.05, 3.63) is 106 Å². The summed E-state index contributed by atoms with van der Waals surface area (Å²) in [6.07, 6.45) is 19.7. The lowest BCUT2D eigenvalue weighted by Crippen LogP contribution is -2.41. The highest BCUT2D eigenvalue weighted by atomic mass is 32.2. The zero-order chi connectivity index (χ0) is 45.1. The lowest BCUT2D eigenvalue weighted by Gasteiger charge is -2.43. The lowest BCUT2D eigenvalue weighted by molar-refractivity contribution is -0.384. The van der Waals surface area contributed by atoms with Gasteiger partial charge in [-0.15, -0.1) is 0 Å². The Morgan fingerprint density at radius 3 is 2.42 bits per heavy atom. The standard InChI is InChI=1S/C50H62N8O6S/c1-33(2)41-11-6-7-12-42(41)45-13-8-24-57(45)38-16-14-35(15-17-38)36-21-25-56(26-22-36)39-18-19-43(47(28-39)64-40-27-37-20-23-51-49(37)54-31-40)50(59)55-65(62,63)48-29-46(58(60)61)44(32-53-48)52-30-34-9-4-3-5-10-34/h6-7,11-12,18-20,23,27-29,31-36,38,45,52H,3-5,8-10,13-17,21-22,24-26,30H2,1-2H3,(H,51,54)(H,55,59). The second-order valence-electron chi connectivity index (χ2n) is 19.1. The number of carbonyl (C=O) groups excluding carboxylic acids is 1. The summed E-state index contributed by atoms with van der Waals surface area (Å²) >= 11 is 0. The molecule has 0 spiro atoms. The average Bonchev–Trinajstić information content (AvgIpc) is 4.02. The van der Waals surface area contributed by atoms with Crippen molar-refractivity contribution in [2.45, 2.75) is 120 Å². The first-order valence-corrected chi connectivity index (χ1v) is 25.3. The number of sulfonamides is 1. The molecule has 4 aliphatic rings. The molecule has 5 heterocycles. The molecule has 2 aliphatic carbocycles. The number of likely N-dealkylation sites (tertiary alicyclic amines) is 1. The van der Waals surface area contributed by atoms with Crippen LogP contribution in [0.25, 0.3) is 11.0 Å². The normalized spacial score (nSPS) is 21.5. The second-order valence-corrected chi connectivity index (χ2v) is 20.7. The van der Waals surface area contributed by atoms with E-state index in [1.54, 1.807) is 30.6 Å². The van der Waals surface area contributed by atoms with E-state index in [0.29, 0.717) is 53.7 Å². The van der Waals surface area contributed by atoms with Gasteiger partial charge < -0.3 is 19.9 Å². The maximum absolute atomic E-state index is 13.9. The Balaban J connectivity index is 0.870. The zero-order valence-corrected chi connectivity index (χ0v) is 38.4. The van der Waals surface area contributed by atoms with Gasteiger partial charge in [0.05, 0.1) is 28.9 Å². The van der Waals surface area contributed by atoms with Gasteiger partial charge in [-0.3, -0.25) is 19.8 Å². The molecule has 14 nitrogen and oxygen atoms in total. The number of anilines is 2. The first-order valence-electron chi connectivity index (χ1n) is 23.8. The Bertz CT molecular complexity index is 2600. The van der Waals surface area contributed by atoms with Crippen LogP contribution in [0.4, 0.5) is 17.1 Å². The summed E-state index contributed by atoms with van der Waals surface area (Å²) in [7, 11) is -4.63. The SMILES string of the molecule is CC(C)c1ccccc1C1CCCN1C1CCC(C2CCN(c3ccc(C(=O)NS(=O)(=O)c4cc([N+](=O)[O-])c(NCC5CCCCC5)cn4)c(Oc4cnc5[nH]ccc5c4)c3)CC2)CC1. The van der Waals surface area contributed by atoms with Crippen LogP contribution in [0.3, 0.4) is 0 Å². The van der Waals surface area contributed by atoms with Gasteiger partial charge in [0, 0.05) is 55.1 Å². The number of nitro groups is 1. The number of piperidine rings is 1. The Morgan fingerprint density at radius 1 is 0.877 bits per heavy atom. The smallest absolute Gasteiger partial charge is 0.296 e. The first kappa shape index (κ1) is 44.7. The number of nitrogens with one attached hydrogen (secondary N) is 3. The quantitative estimate of drug-likeness (QED) is 0.0714. The van der Waals surface area contributed by atoms with Crippen molar-refractivity contribution in [2.24, 2.45) is 17.8 Å². The minimum atomic E-state index is -4.63. The van der Waals surface area contributed by atoms with E-state index < -0.39 is 31.6 Å². The van der Waals surface area contributed by atoms with Crippen LogP contribution in [0.15, 0.2) is 84.3 Å². The van der Waals surface area contributed by atoms with E-state index in [4.69, 9.17) is 4.74 Å². The number of carbonyl (C=O) groups is 1. The summed E-state index contributed by atoms with van der Waals surface area (Å²) in [5, 5.41) is 15.4. The monoisotopic (exact) mass is 902 g/mol. The number of fused-ring (bicyclic) bond motifs is 1. The van der Waals surface area contributed by atoms with Gasteiger partial charge in [0.1, 0.15) is 22.8 Å². The molecule has 0 bridgehead atoms. The summed E-state index contributed by atoms with van der Waals surface area (Å²) in [4.78, 5) is 42.1. The predicted octanol–water partition coefficient (Wildman–Crippen LogP) is 10.5. The van der Waals surface area contributed by atoms with Crippen LogP contribution in [0.2, 0.25) is 0 Å². The molecule has 9 rings (SSSR count). The molecule has 2 saturated heterocycles. The molecular weight excluding hydrogens is 841 g/mol. The second kappa shape index (κ2) is 19.5. The fourth-order valence-corrected chi connectivity index (χ4v) is 12.2. The third kappa shape index (κ3) is 10.0. The van der Waals surface area contributed by atoms with Gasteiger partial charge in [-0.05, 0) is 130 Å². The van der Waals surface area contributed by atoms with E-state index in [1.807, 2.05) is 12.1 Å². The number of ether oxygens (including phenoxy) is 1. The molecule has 65 heavy (non-hydrogen) atoms. The summed E-state index contributed by atoms with van der Waals surface area (Å²) in [5.74, 6) is 1.84. The maximum Gasteiger partial charge on any atom is 0.296 e. The number of nitrogens with zero attached hydrogens (tertiary/aromatic N) is 5. The number of benzene rings is 2. The molecule has 5 aromatic rings. The van der Waals surface area contributed by atoms with E-state index in [2.05, 4.69) is 72.9 Å². The molecule has 0 radical (unpaired) electrons. The number of hydrogen-bond acceptors (Lipinski definition) is 11. The van der Waals surface area contributed by atoms with Crippen LogP contribution in [0.5, 0.6) is 11.5 Å². The Labute approximate surface area is 382 Å². The van der Waals surface area contributed by atoms with E-state index in [1.165, 1.54) is 62.6 Å². The van der Waals surface area contributed by atoms with E-state index >= 15 is 0 Å². The molecule has 3 aromatic heterocycles. The molecule has 15 heteroatoms. The summed E-state index contributed by atoms with van der Waals surface area (Å²) in [5.41, 5.74) is 4.25. The summed E-state index contributed by atoms with van der Waals surface area (Å²) < 4.78 is 35.8. The van der Waals surface area contributed by atoms with Crippen molar-refractivity contribution in [3.8, 4) is 11.5 Å². The van der Waals surface area contributed by atoms with Gasteiger partial charge in [-0.1, -0.05) is 57.4 Å². The average molecular weight is 903 g/mol. The highest BCUT2D eigenvalue weighted by Crippen LogP contribution is 2.44. The van der Waals surface area contributed by atoms with Gasteiger partial charge in [0.2, 0.25) is 0 Å². The van der Waals surface area contributed by atoms with Crippen molar-refractivity contribution in [1.29, 1.82) is 0 Å². The molecule has 2 saturated carbocycles. The number of rotatable bonds is 14. The minimum absolute atomic E-state index is 0.0219. The third-order valence-corrected chi connectivity index (χ3v) is 16.0. The Hall–Kier alpha value is -5.54. The number of aromatic amines is 1. The fourth-order valence-electron chi connectivity index (χ4n) is 11.3. The van der Waals surface area contributed by atoms with E-state index in [9.17, 15) is 23.3 Å². The Kier molecular flexibility index (Phi) is 13.4. The number of aromatic nitrogens is 3. The van der Waals surface area contributed by atoms with Crippen LogP contribution in [-0.2, 0) is 10.0 Å². The predicted molar refractivity (Wildman–Crippen MR) is 253 cm³/mol. The summed E-state index contributed by atoms with van der Waals surface area (Å²) in [6, 6.07) is 20.0. The first-order chi connectivity index (χ1) is 31.5. The van der Waals surface area contributed by atoms with Crippen molar-refractivity contribution in [3.63, 3.8) is 0 Å². The van der Waals surface area contributed by atoms with Crippen LogP contribution in [0.1, 0.15) is 131 Å². The van der Waals surface area contributed by atoms with E-state index in [0.717, 1.165) is 75.0 Å². The maximum atomic E-state index is 13.9. The Morgan fingerprint density at radius 2 is 1.65 bits per heavy atom. The molecule has 3 N–H and O–H groups in total. The van der Waals surface area contributed by atoms with Gasteiger partial charge >= 0.3 is 0 Å². The third-order valence-electron chi connectivity index (χ3n) is 14.7. The molecular formula is C50H62N8O6S. The molecule has 2 aromatic carbocycles. The van der Waals surface area contributed by atoms with Gasteiger partial charge in [-0.25, -0.2) is 14.7 Å². The number of hydrogen-bond donors (Lipinski definition) is 3. The van der Waals surface area contributed by atoms with Crippen LogP contribution in [-0.4, -0.2) is 71.3 Å². The van der Waals surface area contributed by atoms with Crippen molar-refractivity contribution < 1.29 is 22.9 Å². The molecule has 1 amide bonds. The number of pyridine rings is 2. The highest BCUT2D eigenvalue weighted by molar-refractivity contribution is 7.90. The van der Waals surface area contributed by atoms with E-state index in [-0.39, 0.29) is 17.0 Å². The highest BCUT2D eigenvalue weighted by Gasteiger charge is 2.38. The van der Waals surface area contributed by atoms with Crippen LogP contribution in [0, 0.1) is 27.9 Å². The molecule has 1 unspecified atom stereocenters. The number of amides is 1. The lowest BCUT2D eigenvalue weighted by atomic mass is 9.74. The zero-order valence-electron chi connectivity index (χ0n) is 37.6.